The van der Waals surface area contributed by atoms with E-state index in [1.807, 2.05) is 0 Å². The molecule has 84 valence electrons. The SMILES string of the molecule is Cc1cccc(-c2ccc3sc(C)nc3c2)c1. The van der Waals surface area contributed by atoms with Crippen molar-refractivity contribution in [3.8, 4) is 11.1 Å². The normalized spacial score (nSPS) is 10.9. The summed E-state index contributed by atoms with van der Waals surface area (Å²) in [7, 11) is 0. The number of hydrogen-bond donors (Lipinski definition) is 0. The second-order valence-corrected chi connectivity index (χ2v) is 5.52. The van der Waals surface area contributed by atoms with E-state index in [0.717, 1.165) is 10.5 Å². The summed E-state index contributed by atoms with van der Waals surface area (Å²) in [5.41, 5.74) is 4.90. The monoisotopic (exact) mass is 239 g/mol. The van der Waals surface area contributed by atoms with Gasteiger partial charge in [-0.1, -0.05) is 35.9 Å². The molecule has 0 aliphatic carbocycles. The van der Waals surface area contributed by atoms with Gasteiger partial charge in [0.05, 0.1) is 15.2 Å². The number of thiazole rings is 1. The van der Waals surface area contributed by atoms with E-state index < -0.39 is 0 Å². The second kappa shape index (κ2) is 3.97. The van der Waals surface area contributed by atoms with Crippen molar-refractivity contribution in [3.05, 3.63) is 53.0 Å². The first-order valence-corrected chi connectivity index (χ1v) is 6.48. The zero-order valence-corrected chi connectivity index (χ0v) is 10.7. The van der Waals surface area contributed by atoms with Crippen molar-refractivity contribution in [3.63, 3.8) is 0 Å². The number of hydrogen-bond acceptors (Lipinski definition) is 2. The predicted octanol–water partition coefficient (Wildman–Crippen LogP) is 4.58. The van der Waals surface area contributed by atoms with Gasteiger partial charge in [0.2, 0.25) is 0 Å². The van der Waals surface area contributed by atoms with E-state index in [1.54, 1.807) is 11.3 Å². The quantitative estimate of drug-likeness (QED) is 0.605. The Bertz CT molecular complexity index is 682. The number of aromatic nitrogens is 1. The van der Waals surface area contributed by atoms with Crippen LogP contribution < -0.4 is 0 Å². The van der Waals surface area contributed by atoms with E-state index in [4.69, 9.17) is 0 Å². The zero-order chi connectivity index (χ0) is 11.8. The molecule has 0 N–H and O–H groups in total. The molecule has 1 nitrogen and oxygen atoms in total. The van der Waals surface area contributed by atoms with Gasteiger partial charge in [-0.05, 0) is 37.1 Å². The molecule has 0 amide bonds. The first-order valence-electron chi connectivity index (χ1n) is 5.66. The Morgan fingerprint density at radius 3 is 2.59 bits per heavy atom. The number of aryl methyl sites for hydroxylation is 2. The van der Waals surface area contributed by atoms with Crippen LogP contribution in [0.1, 0.15) is 10.6 Å². The summed E-state index contributed by atoms with van der Waals surface area (Å²) in [5, 5.41) is 1.13. The molecular weight excluding hydrogens is 226 g/mol. The van der Waals surface area contributed by atoms with Crippen molar-refractivity contribution in [2.24, 2.45) is 0 Å². The molecule has 0 bridgehead atoms. The molecule has 2 aromatic carbocycles. The van der Waals surface area contributed by atoms with Gasteiger partial charge in [-0.3, -0.25) is 0 Å². The van der Waals surface area contributed by atoms with Crippen molar-refractivity contribution in [2.45, 2.75) is 13.8 Å². The van der Waals surface area contributed by atoms with Crippen LogP contribution in [-0.2, 0) is 0 Å². The molecule has 2 heteroatoms. The highest BCUT2D eigenvalue weighted by atomic mass is 32.1. The van der Waals surface area contributed by atoms with Crippen molar-refractivity contribution in [2.75, 3.05) is 0 Å². The third kappa shape index (κ3) is 1.96. The van der Waals surface area contributed by atoms with E-state index in [9.17, 15) is 0 Å². The average molecular weight is 239 g/mol. The summed E-state index contributed by atoms with van der Waals surface area (Å²) in [5.74, 6) is 0. The Hall–Kier alpha value is -1.67. The van der Waals surface area contributed by atoms with Crippen LogP contribution in [-0.4, -0.2) is 4.98 Å². The predicted molar refractivity (Wildman–Crippen MR) is 74.5 cm³/mol. The van der Waals surface area contributed by atoms with Gasteiger partial charge in [0.15, 0.2) is 0 Å². The van der Waals surface area contributed by atoms with Crippen LogP contribution in [0, 0.1) is 13.8 Å². The zero-order valence-electron chi connectivity index (χ0n) is 9.90. The lowest BCUT2D eigenvalue weighted by Crippen LogP contribution is -1.79. The van der Waals surface area contributed by atoms with Gasteiger partial charge in [-0.2, -0.15) is 0 Å². The molecular formula is C15H13NS. The van der Waals surface area contributed by atoms with Gasteiger partial charge in [0.25, 0.3) is 0 Å². The molecule has 0 saturated heterocycles. The summed E-state index contributed by atoms with van der Waals surface area (Å²) in [6.45, 7) is 4.17. The third-order valence-electron chi connectivity index (χ3n) is 2.85. The fourth-order valence-electron chi connectivity index (χ4n) is 2.05. The minimum atomic E-state index is 1.10. The highest BCUT2D eigenvalue weighted by Crippen LogP contribution is 2.27. The molecule has 17 heavy (non-hydrogen) atoms. The van der Waals surface area contributed by atoms with E-state index >= 15 is 0 Å². The number of benzene rings is 2. The molecule has 0 aliphatic rings. The van der Waals surface area contributed by atoms with Gasteiger partial charge in [-0.15, -0.1) is 11.3 Å². The Balaban J connectivity index is 2.17. The lowest BCUT2D eigenvalue weighted by Gasteiger charge is -2.02. The van der Waals surface area contributed by atoms with Crippen molar-refractivity contribution in [1.29, 1.82) is 0 Å². The fourth-order valence-corrected chi connectivity index (χ4v) is 2.85. The summed E-state index contributed by atoms with van der Waals surface area (Å²) in [6, 6.07) is 15.1. The fraction of sp³-hybridized carbons (Fsp3) is 0.133. The Morgan fingerprint density at radius 2 is 1.76 bits per heavy atom. The maximum atomic E-state index is 4.54. The van der Waals surface area contributed by atoms with Crippen LogP contribution in [0.2, 0.25) is 0 Å². The number of rotatable bonds is 1. The van der Waals surface area contributed by atoms with Crippen LogP contribution in [0.5, 0.6) is 0 Å². The standard InChI is InChI=1S/C15H13NS/c1-10-4-3-5-12(8-10)13-6-7-15-14(9-13)16-11(2)17-15/h3-9H,1-2H3. The van der Waals surface area contributed by atoms with Crippen LogP contribution in [0.25, 0.3) is 21.3 Å². The Morgan fingerprint density at radius 1 is 0.941 bits per heavy atom. The smallest absolute Gasteiger partial charge is 0.0907 e. The van der Waals surface area contributed by atoms with Crippen molar-refractivity contribution < 1.29 is 0 Å². The van der Waals surface area contributed by atoms with Crippen LogP contribution in [0.4, 0.5) is 0 Å². The molecule has 0 radical (unpaired) electrons. The van der Waals surface area contributed by atoms with Gasteiger partial charge >= 0.3 is 0 Å². The molecule has 0 saturated carbocycles. The molecule has 1 heterocycles. The van der Waals surface area contributed by atoms with E-state index in [0.29, 0.717) is 0 Å². The maximum Gasteiger partial charge on any atom is 0.0907 e. The highest BCUT2D eigenvalue weighted by molar-refractivity contribution is 7.18. The van der Waals surface area contributed by atoms with Gasteiger partial charge in [-0.25, -0.2) is 4.98 Å². The lowest BCUT2D eigenvalue weighted by atomic mass is 10.0. The van der Waals surface area contributed by atoms with Gasteiger partial charge < -0.3 is 0 Å². The summed E-state index contributed by atoms with van der Waals surface area (Å²) >= 11 is 1.75. The third-order valence-corrected chi connectivity index (χ3v) is 3.80. The van der Waals surface area contributed by atoms with E-state index in [1.165, 1.54) is 21.4 Å². The Labute approximate surface area is 105 Å². The van der Waals surface area contributed by atoms with Gasteiger partial charge in [0.1, 0.15) is 0 Å². The second-order valence-electron chi connectivity index (χ2n) is 4.28. The minimum absolute atomic E-state index is 1.10. The molecule has 0 spiro atoms. The summed E-state index contributed by atoms with van der Waals surface area (Å²) < 4.78 is 1.26. The molecule has 1 aromatic heterocycles. The largest absolute Gasteiger partial charge is 0.241 e. The molecule has 0 atom stereocenters. The van der Waals surface area contributed by atoms with Crippen LogP contribution >= 0.6 is 11.3 Å². The topological polar surface area (TPSA) is 12.9 Å². The van der Waals surface area contributed by atoms with E-state index in [-0.39, 0.29) is 0 Å². The number of nitrogens with zero attached hydrogens (tertiary/aromatic N) is 1. The first-order chi connectivity index (χ1) is 8.22. The summed E-state index contributed by atoms with van der Waals surface area (Å²) in [4.78, 5) is 4.54. The maximum absolute atomic E-state index is 4.54. The minimum Gasteiger partial charge on any atom is -0.241 e. The number of fused-ring (bicyclic) bond motifs is 1. The molecule has 0 unspecified atom stereocenters. The van der Waals surface area contributed by atoms with E-state index in [2.05, 4.69) is 61.3 Å². The first kappa shape index (κ1) is 10.5. The van der Waals surface area contributed by atoms with Crippen molar-refractivity contribution in [1.82, 2.24) is 4.98 Å². The lowest BCUT2D eigenvalue weighted by molar-refractivity contribution is 1.35. The summed E-state index contributed by atoms with van der Waals surface area (Å²) in [6.07, 6.45) is 0. The van der Waals surface area contributed by atoms with Gasteiger partial charge in [0, 0.05) is 0 Å². The van der Waals surface area contributed by atoms with Crippen LogP contribution in [0.3, 0.4) is 0 Å². The highest BCUT2D eigenvalue weighted by Gasteiger charge is 2.03. The molecule has 0 aliphatic heterocycles. The molecule has 3 aromatic rings. The Kier molecular flexibility index (Phi) is 2.45. The molecule has 0 fully saturated rings. The van der Waals surface area contributed by atoms with Crippen LogP contribution in [0.15, 0.2) is 42.5 Å². The molecule has 3 rings (SSSR count). The van der Waals surface area contributed by atoms with Crippen molar-refractivity contribution >= 4 is 21.6 Å². The average Bonchev–Trinajstić information content (AvgIpc) is 2.68.